The Morgan fingerprint density at radius 2 is 2.00 bits per heavy atom. The van der Waals surface area contributed by atoms with Crippen LogP contribution in [0.25, 0.3) is 10.9 Å². The molecule has 2 heteroatoms. The summed E-state index contributed by atoms with van der Waals surface area (Å²) >= 11 is 3.78. The van der Waals surface area contributed by atoms with Crippen LogP contribution in [0.15, 0.2) is 36.5 Å². The molecule has 2 aromatic rings. The van der Waals surface area contributed by atoms with Gasteiger partial charge in [-0.05, 0) is 36.3 Å². The number of hydrogen-bond donors (Lipinski definition) is 0. The maximum atomic E-state index is 4.57. The lowest BCUT2D eigenvalue weighted by Gasteiger charge is -2.19. The zero-order valence-corrected chi connectivity index (χ0v) is 11.5. The second-order valence-electron chi connectivity index (χ2n) is 4.98. The highest BCUT2D eigenvalue weighted by Gasteiger charge is 2.32. The summed E-state index contributed by atoms with van der Waals surface area (Å²) in [4.78, 5) is 5.23. The fraction of sp³-hybridized carbons (Fsp3) is 0.400. The number of fused-ring (bicyclic) bond motifs is 1. The van der Waals surface area contributed by atoms with Gasteiger partial charge in [-0.1, -0.05) is 47.1 Å². The van der Waals surface area contributed by atoms with Gasteiger partial charge in [-0.2, -0.15) is 0 Å². The fourth-order valence-corrected chi connectivity index (χ4v) is 3.62. The molecule has 0 bridgehead atoms. The maximum Gasteiger partial charge on any atom is 0.0736 e. The Morgan fingerprint density at radius 3 is 2.76 bits per heavy atom. The summed E-state index contributed by atoms with van der Waals surface area (Å²) in [5, 5.41) is 1.26. The van der Waals surface area contributed by atoms with Gasteiger partial charge in [0.2, 0.25) is 0 Å². The van der Waals surface area contributed by atoms with Crippen molar-refractivity contribution in [3.05, 3.63) is 42.1 Å². The second-order valence-corrected chi connectivity index (χ2v) is 6.16. The molecule has 1 saturated carbocycles. The summed E-state index contributed by atoms with van der Waals surface area (Å²) in [6.45, 7) is 2.35. The first kappa shape index (κ1) is 11.2. The molecule has 1 aromatic heterocycles. The molecule has 1 heterocycles. The largest absolute Gasteiger partial charge is 0.256 e. The van der Waals surface area contributed by atoms with Crippen molar-refractivity contribution >= 4 is 26.8 Å². The average molecular weight is 290 g/mol. The Kier molecular flexibility index (Phi) is 2.91. The Labute approximate surface area is 110 Å². The summed E-state index contributed by atoms with van der Waals surface area (Å²) in [5.74, 6) is 1.35. The van der Waals surface area contributed by atoms with Crippen molar-refractivity contribution < 1.29 is 0 Å². The number of hydrogen-bond acceptors (Lipinski definition) is 1. The van der Waals surface area contributed by atoms with E-state index in [-0.39, 0.29) is 0 Å². The van der Waals surface area contributed by atoms with E-state index in [0.717, 1.165) is 0 Å². The number of para-hydroxylation sites is 1. The van der Waals surface area contributed by atoms with Crippen molar-refractivity contribution in [3.8, 4) is 0 Å². The molecule has 3 atom stereocenters. The number of alkyl halides is 1. The molecule has 1 fully saturated rings. The summed E-state index contributed by atoms with van der Waals surface area (Å²) in [7, 11) is 0. The van der Waals surface area contributed by atoms with Crippen LogP contribution in [0.2, 0.25) is 0 Å². The zero-order chi connectivity index (χ0) is 11.8. The molecule has 1 aliphatic rings. The molecule has 88 valence electrons. The van der Waals surface area contributed by atoms with Gasteiger partial charge in [0.1, 0.15) is 0 Å². The first-order valence-corrected chi connectivity index (χ1v) is 7.16. The Morgan fingerprint density at radius 1 is 1.18 bits per heavy atom. The highest BCUT2D eigenvalue weighted by molar-refractivity contribution is 9.09. The van der Waals surface area contributed by atoms with E-state index in [4.69, 9.17) is 0 Å². The molecule has 0 aliphatic heterocycles. The molecular weight excluding hydrogens is 274 g/mol. The fourth-order valence-electron chi connectivity index (χ4n) is 2.98. The molecule has 0 N–H and O–H groups in total. The predicted molar refractivity (Wildman–Crippen MR) is 75.6 cm³/mol. The van der Waals surface area contributed by atoms with Crippen molar-refractivity contribution in [2.45, 2.75) is 30.5 Å². The second kappa shape index (κ2) is 4.41. The maximum absolute atomic E-state index is 4.57. The van der Waals surface area contributed by atoms with Gasteiger partial charge in [-0.3, -0.25) is 4.98 Å². The van der Waals surface area contributed by atoms with Crippen LogP contribution in [0.3, 0.4) is 0 Å². The molecule has 3 rings (SSSR count). The SMILES string of the molecule is CC1C(Br)CCC1c1cccc2cccnc12. The quantitative estimate of drug-likeness (QED) is 0.704. The first-order chi connectivity index (χ1) is 8.27. The van der Waals surface area contributed by atoms with Crippen LogP contribution in [0.4, 0.5) is 0 Å². The van der Waals surface area contributed by atoms with Crippen LogP contribution in [0.1, 0.15) is 31.2 Å². The lowest BCUT2D eigenvalue weighted by molar-refractivity contribution is 0.547. The summed E-state index contributed by atoms with van der Waals surface area (Å²) in [6.07, 6.45) is 4.44. The van der Waals surface area contributed by atoms with Gasteiger partial charge in [-0.15, -0.1) is 0 Å². The van der Waals surface area contributed by atoms with Gasteiger partial charge in [0, 0.05) is 16.4 Å². The molecule has 1 nitrogen and oxygen atoms in total. The van der Waals surface area contributed by atoms with E-state index in [0.29, 0.717) is 16.7 Å². The van der Waals surface area contributed by atoms with Gasteiger partial charge in [-0.25, -0.2) is 0 Å². The van der Waals surface area contributed by atoms with Crippen molar-refractivity contribution in [1.82, 2.24) is 4.98 Å². The normalized spacial score (nSPS) is 28.7. The third kappa shape index (κ3) is 1.89. The number of aromatic nitrogens is 1. The van der Waals surface area contributed by atoms with Gasteiger partial charge in [0.25, 0.3) is 0 Å². The summed E-state index contributed by atoms with van der Waals surface area (Å²) in [6, 6.07) is 10.7. The molecular formula is C15H16BrN. The third-order valence-corrected chi connectivity index (χ3v) is 5.31. The van der Waals surface area contributed by atoms with Crippen LogP contribution < -0.4 is 0 Å². The van der Waals surface area contributed by atoms with Crippen molar-refractivity contribution in [1.29, 1.82) is 0 Å². The number of halogens is 1. The molecule has 1 aromatic carbocycles. The molecule has 17 heavy (non-hydrogen) atoms. The van der Waals surface area contributed by atoms with Crippen molar-refractivity contribution in [3.63, 3.8) is 0 Å². The topological polar surface area (TPSA) is 12.9 Å². The Hall–Kier alpha value is -0.890. The third-order valence-electron chi connectivity index (χ3n) is 4.02. The van der Waals surface area contributed by atoms with E-state index in [2.05, 4.69) is 52.1 Å². The monoisotopic (exact) mass is 289 g/mol. The molecule has 0 amide bonds. The molecule has 0 saturated heterocycles. The lowest BCUT2D eigenvalue weighted by Crippen LogP contribution is -2.09. The number of nitrogens with zero attached hydrogens (tertiary/aromatic N) is 1. The van der Waals surface area contributed by atoms with E-state index in [1.54, 1.807) is 0 Å². The molecule has 0 radical (unpaired) electrons. The zero-order valence-electron chi connectivity index (χ0n) is 9.94. The van der Waals surface area contributed by atoms with Gasteiger partial charge in [0.15, 0.2) is 0 Å². The lowest BCUT2D eigenvalue weighted by atomic mass is 9.88. The van der Waals surface area contributed by atoms with Crippen LogP contribution in [-0.2, 0) is 0 Å². The van der Waals surface area contributed by atoms with E-state index in [1.165, 1.54) is 29.3 Å². The standard InChI is InChI=1S/C15H16BrN/c1-10-12(7-8-14(10)16)13-6-2-4-11-5-3-9-17-15(11)13/h2-6,9-10,12,14H,7-8H2,1H3. The predicted octanol–water partition coefficient (Wildman–Crippen LogP) is 4.51. The summed E-state index contributed by atoms with van der Waals surface area (Å²) in [5.41, 5.74) is 2.62. The average Bonchev–Trinajstić information content (AvgIpc) is 2.69. The molecule has 0 spiro atoms. The highest BCUT2D eigenvalue weighted by Crippen LogP contribution is 2.44. The van der Waals surface area contributed by atoms with E-state index >= 15 is 0 Å². The van der Waals surface area contributed by atoms with Gasteiger partial charge < -0.3 is 0 Å². The molecule has 1 aliphatic carbocycles. The Balaban J connectivity index is 2.11. The van der Waals surface area contributed by atoms with Crippen LogP contribution >= 0.6 is 15.9 Å². The van der Waals surface area contributed by atoms with E-state index < -0.39 is 0 Å². The van der Waals surface area contributed by atoms with Crippen LogP contribution in [-0.4, -0.2) is 9.81 Å². The minimum Gasteiger partial charge on any atom is -0.256 e. The minimum absolute atomic E-state index is 0.651. The van der Waals surface area contributed by atoms with Gasteiger partial charge >= 0.3 is 0 Å². The number of pyridine rings is 1. The van der Waals surface area contributed by atoms with E-state index in [9.17, 15) is 0 Å². The smallest absolute Gasteiger partial charge is 0.0736 e. The van der Waals surface area contributed by atoms with Crippen LogP contribution in [0.5, 0.6) is 0 Å². The highest BCUT2D eigenvalue weighted by atomic mass is 79.9. The number of benzene rings is 1. The van der Waals surface area contributed by atoms with E-state index in [1.807, 2.05) is 12.3 Å². The summed E-state index contributed by atoms with van der Waals surface area (Å²) < 4.78 is 0. The first-order valence-electron chi connectivity index (χ1n) is 6.25. The van der Waals surface area contributed by atoms with Gasteiger partial charge in [0.05, 0.1) is 5.52 Å². The van der Waals surface area contributed by atoms with Crippen LogP contribution in [0, 0.1) is 5.92 Å². The molecule has 3 unspecified atom stereocenters. The Bertz CT molecular complexity index is 532. The van der Waals surface area contributed by atoms with Crippen molar-refractivity contribution in [2.75, 3.05) is 0 Å². The van der Waals surface area contributed by atoms with Crippen molar-refractivity contribution in [2.24, 2.45) is 5.92 Å². The number of rotatable bonds is 1. The minimum atomic E-state index is 0.651.